The summed E-state index contributed by atoms with van der Waals surface area (Å²) >= 11 is 0. The Kier molecular flexibility index (Phi) is 5.19. The Bertz CT molecular complexity index is 766. The average molecular weight is 343 g/mol. The summed E-state index contributed by atoms with van der Waals surface area (Å²) < 4.78 is 13.8. The van der Waals surface area contributed by atoms with Crippen molar-refractivity contribution >= 4 is 11.6 Å². The van der Waals surface area contributed by atoms with E-state index in [1.54, 1.807) is 12.1 Å². The maximum Gasteiger partial charge on any atom is 0.253 e. The predicted octanol–water partition coefficient (Wildman–Crippen LogP) is 2.51. The lowest BCUT2D eigenvalue weighted by Gasteiger charge is -2.33. The van der Waals surface area contributed by atoms with Crippen molar-refractivity contribution in [3.8, 4) is 5.75 Å². The number of nitrogens with two attached hydrogens (primary N) is 1. The van der Waals surface area contributed by atoms with Gasteiger partial charge >= 0.3 is 0 Å². The van der Waals surface area contributed by atoms with Crippen LogP contribution in [-0.4, -0.2) is 35.0 Å². The zero-order chi connectivity index (χ0) is 17.8. The number of phenols is 1. The van der Waals surface area contributed by atoms with E-state index in [2.05, 4.69) is 10.2 Å². The van der Waals surface area contributed by atoms with E-state index in [0.717, 1.165) is 19.4 Å². The number of hydrogen-bond donors (Lipinski definition) is 3. The third-order valence-electron chi connectivity index (χ3n) is 4.47. The Morgan fingerprint density at radius 2 is 2.12 bits per heavy atom. The molecule has 2 aromatic rings. The monoisotopic (exact) mass is 343 g/mol. The van der Waals surface area contributed by atoms with Gasteiger partial charge in [-0.25, -0.2) is 4.39 Å². The van der Waals surface area contributed by atoms with Gasteiger partial charge in [0.1, 0.15) is 11.6 Å². The van der Waals surface area contributed by atoms with Gasteiger partial charge in [-0.1, -0.05) is 18.2 Å². The number of aromatic hydroxyl groups is 1. The molecule has 0 unspecified atom stereocenters. The lowest BCUT2D eigenvalue weighted by molar-refractivity contribution is 0.0900. The molecule has 0 bridgehead atoms. The van der Waals surface area contributed by atoms with Crippen molar-refractivity contribution in [3.63, 3.8) is 0 Å². The summed E-state index contributed by atoms with van der Waals surface area (Å²) in [4.78, 5) is 14.6. The fraction of sp³-hybridized carbons (Fsp3) is 0.316. The summed E-state index contributed by atoms with van der Waals surface area (Å²) in [5.41, 5.74) is 7.07. The molecule has 5 nitrogen and oxygen atoms in total. The first kappa shape index (κ1) is 17.2. The van der Waals surface area contributed by atoms with Gasteiger partial charge in [0.2, 0.25) is 0 Å². The van der Waals surface area contributed by atoms with Crippen LogP contribution in [0.4, 0.5) is 10.1 Å². The van der Waals surface area contributed by atoms with E-state index >= 15 is 0 Å². The van der Waals surface area contributed by atoms with E-state index in [-0.39, 0.29) is 29.1 Å². The van der Waals surface area contributed by atoms with E-state index in [1.807, 2.05) is 6.07 Å². The second-order valence-corrected chi connectivity index (χ2v) is 6.41. The molecule has 1 amide bonds. The van der Waals surface area contributed by atoms with Crippen molar-refractivity contribution in [3.05, 3.63) is 59.4 Å². The third kappa shape index (κ3) is 4.28. The van der Waals surface area contributed by atoms with E-state index in [4.69, 9.17) is 5.73 Å². The van der Waals surface area contributed by atoms with Crippen molar-refractivity contribution in [2.24, 2.45) is 0 Å². The number of piperidine rings is 1. The van der Waals surface area contributed by atoms with Gasteiger partial charge < -0.3 is 16.2 Å². The Hall–Kier alpha value is -2.60. The number of rotatable bonds is 4. The Labute approximate surface area is 146 Å². The summed E-state index contributed by atoms with van der Waals surface area (Å²) in [7, 11) is 0. The molecule has 3 rings (SSSR count). The molecular weight excluding hydrogens is 321 g/mol. The van der Waals surface area contributed by atoms with Crippen molar-refractivity contribution in [1.82, 2.24) is 10.2 Å². The van der Waals surface area contributed by atoms with Crippen LogP contribution in [0.15, 0.2) is 42.5 Å². The minimum atomic E-state index is -0.300. The van der Waals surface area contributed by atoms with Gasteiger partial charge in [-0.15, -0.1) is 0 Å². The number of phenolic OH excluding ortho intramolecular Hbond substituents is 1. The van der Waals surface area contributed by atoms with Crippen LogP contribution in [0.25, 0.3) is 0 Å². The minimum absolute atomic E-state index is 0.00386. The van der Waals surface area contributed by atoms with E-state index in [9.17, 15) is 14.3 Å². The number of nitrogen functional groups attached to an aromatic ring is 1. The second-order valence-electron chi connectivity index (χ2n) is 6.41. The van der Waals surface area contributed by atoms with E-state index < -0.39 is 0 Å². The molecule has 1 aliphatic heterocycles. The van der Waals surface area contributed by atoms with Crippen molar-refractivity contribution in [1.29, 1.82) is 0 Å². The van der Waals surface area contributed by atoms with Crippen LogP contribution in [0.2, 0.25) is 0 Å². The van der Waals surface area contributed by atoms with Crippen LogP contribution in [-0.2, 0) is 6.54 Å². The number of halogens is 1. The maximum absolute atomic E-state index is 13.8. The molecule has 0 aliphatic carbocycles. The van der Waals surface area contributed by atoms with Crippen LogP contribution >= 0.6 is 0 Å². The van der Waals surface area contributed by atoms with Crippen LogP contribution in [0.5, 0.6) is 5.75 Å². The van der Waals surface area contributed by atoms with Gasteiger partial charge in [-0.2, -0.15) is 0 Å². The number of hydrogen-bond acceptors (Lipinski definition) is 4. The normalized spacial score (nSPS) is 18.0. The van der Waals surface area contributed by atoms with Gasteiger partial charge in [0.25, 0.3) is 5.91 Å². The molecule has 6 heteroatoms. The molecule has 2 aromatic carbocycles. The van der Waals surface area contributed by atoms with Gasteiger partial charge in [0.15, 0.2) is 0 Å². The summed E-state index contributed by atoms with van der Waals surface area (Å²) in [6, 6.07) is 11.0. The number of carbonyl (C=O) groups excluding carboxylic acids is 1. The molecule has 132 valence electrons. The molecule has 0 spiro atoms. The molecule has 1 saturated heterocycles. The molecule has 1 aliphatic rings. The van der Waals surface area contributed by atoms with Crippen molar-refractivity contribution in [2.45, 2.75) is 25.4 Å². The molecule has 1 atom stereocenters. The smallest absolute Gasteiger partial charge is 0.253 e. The first-order valence-corrected chi connectivity index (χ1v) is 8.38. The average Bonchev–Trinajstić information content (AvgIpc) is 2.59. The number of carbonyl (C=O) groups is 1. The van der Waals surface area contributed by atoms with Crippen molar-refractivity contribution < 1.29 is 14.3 Å². The molecule has 0 aromatic heterocycles. The lowest BCUT2D eigenvalue weighted by atomic mass is 10.0. The molecule has 0 saturated carbocycles. The van der Waals surface area contributed by atoms with Crippen LogP contribution < -0.4 is 11.1 Å². The lowest BCUT2D eigenvalue weighted by Crippen LogP contribution is -2.47. The van der Waals surface area contributed by atoms with Gasteiger partial charge in [-0.05, 0) is 43.7 Å². The highest BCUT2D eigenvalue weighted by atomic mass is 19.1. The van der Waals surface area contributed by atoms with Gasteiger partial charge in [-0.3, -0.25) is 9.69 Å². The number of likely N-dealkylation sites (tertiary alicyclic amines) is 1. The summed E-state index contributed by atoms with van der Waals surface area (Å²) in [6.45, 7) is 2.04. The Morgan fingerprint density at radius 3 is 2.92 bits per heavy atom. The molecule has 0 radical (unpaired) electrons. The zero-order valence-electron chi connectivity index (χ0n) is 13.9. The molecule has 1 heterocycles. The van der Waals surface area contributed by atoms with Gasteiger partial charge in [0.05, 0.1) is 5.56 Å². The van der Waals surface area contributed by atoms with Crippen LogP contribution in [0.1, 0.15) is 28.8 Å². The maximum atomic E-state index is 13.8. The topological polar surface area (TPSA) is 78.6 Å². The minimum Gasteiger partial charge on any atom is -0.508 e. The highest BCUT2D eigenvalue weighted by molar-refractivity contribution is 5.99. The highest BCUT2D eigenvalue weighted by Gasteiger charge is 2.23. The number of benzene rings is 2. The van der Waals surface area contributed by atoms with Crippen LogP contribution in [0.3, 0.4) is 0 Å². The largest absolute Gasteiger partial charge is 0.508 e. The molecular formula is C19H22FN3O2. The molecule has 1 fully saturated rings. The van der Waals surface area contributed by atoms with E-state index in [0.29, 0.717) is 24.3 Å². The fourth-order valence-corrected chi connectivity index (χ4v) is 3.19. The quantitative estimate of drug-likeness (QED) is 0.589. The number of amides is 1. The number of nitrogens with zero attached hydrogens (tertiary/aromatic N) is 1. The SMILES string of the molecule is Nc1ccc(O)cc1C(=O)N[C@H]1CCCN(Cc2ccccc2F)C1. The second kappa shape index (κ2) is 7.53. The Morgan fingerprint density at radius 1 is 1.32 bits per heavy atom. The Balaban J connectivity index is 1.62. The van der Waals surface area contributed by atoms with Gasteiger partial charge in [0, 0.05) is 30.4 Å². The summed E-state index contributed by atoms with van der Waals surface area (Å²) in [5.74, 6) is -0.503. The molecule has 25 heavy (non-hydrogen) atoms. The third-order valence-corrected chi connectivity index (χ3v) is 4.47. The van der Waals surface area contributed by atoms with Crippen LogP contribution in [0, 0.1) is 5.82 Å². The van der Waals surface area contributed by atoms with Crippen molar-refractivity contribution in [2.75, 3.05) is 18.8 Å². The highest BCUT2D eigenvalue weighted by Crippen LogP contribution is 2.20. The number of anilines is 1. The summed E-state index contributed by atoms with van der Waals surface area (Å²) in [6.07, 6.45) is 1.78. The standard InChI is InChI=1S/C19H22FN3O2/c20-17-6-2-1-4-13(17)11-23-9-3-5-14(12-23)22-19(25)16-10-15(24)7-8-18(16)21/h1-2,4,6-8,10,14,24H,3,5,9,11-12,21H2,(H,22,25)/t14-/m0/s1. The fourth-order valence-electron chi connectivity index (χ4n) is 3.19. The zero-order valence-corrected chi connectivity index (χ0v) is 13.9. The first-order valence-electron chi connectivity index (χ1n) is 8.38. The summed E-state index contributed by atoms with van der Waals surface area (Å²) in [5, 5.41) is 12.5. The first-order chi connectivity index (χ1) is 12.0. The number of nitrogens with one attached hydrogen (secondary N) is 1. The molecule has 4 N–H and O–H groups in total. The predicted molar refractivity (Wildman–Crippen MR) is 94.7 cm³/mol. The van der Waals surface area contributed by atoms with E-state index in [1.165, 1.54) is 24.3 Å².